The lowest BCUT2D eigenvalue weighted by atomic mass is 10.4. The molecule has 2 aromatic rings. The smallest absolute Gasteiger partial charge is 0.241 e. The van der Waals surface area contributed by atoms with Crippen LogP contribution in [0.2, 0.25) is 0 Å². The number of hydrogen-bond donors (Lipinski definition) is 1. The molecule has 0 aliphatic heterocycles. The van der Waals surface area contributed by atoms with Crippen LogP contribution in [0.3, 0.4) is 0 Å². The lowest BCUT2D eigenvalue weighted by molar-refractivity contribution is -0.121. The van der Waals surface area contributed by atoms with Gasteiger partial charge in [0.05, 0.1) is 5.69 Å². The molecule has 0 aliphatic carbocycles. The molecule has 96 valence electrons. The molecular weight excluding hydrogens is 230 g/mol. The summed E-state index contributed by atoms with van der Waals surface area (Å²) in [6, 6.07) is 3.77. The molecular formula is C12H17N5O. The van der Waals surface area contributed by atoms with E-state index in [0.29, 0.717) is 6.54 Å². The summed E-state index contributed by atoms with van der Waals surface area (Å²) in [5.41, 5.74) is 0.918. The molecule has 0 aromatic carbocycles. The Morgan fingerprint density at radius 1 is 1.39 bits per heavy atom. The van der Waals surface area contributed by atoms with Crippen LogP contribution in [0.4, 0.5) is 0 Å². The Hall–Kier alpha value is -2.11. The highest BCUT2D eigenvalue weighted by Gasteiger charge is 2.02. The number of nitrogens with one attached hydrogen (secondary N) is 1. The van der Waals surface area contributed by atoms with Crippen molar-refractivity contribution in [3.8, 4) is 0 Å². The summed E-state index contributed by atoms with van der Waals surface area (Å²) >= 11 is 0. The first-order chi connectivity index (χ1) is 8.74. The molecule has 0 unspecified atom stereocenters. The maximum atomic E-state index is 11.6. The van der Waals surface area contributed by atoms with Crippen molar-refractivity contribution >= 4 is 5.91 Å². The molecule has 6 nitrogen and oxygen atoms in total. The normalized spacial score (nSPS) is 10.5. The number of nitrogens with zero attached hydrogens (tertiary/aromatic N) is 4. The number of rotatable bonds is 6. The quantitative estimate of drug-likeness (QED) is 0.760. The minimum absolute atomic E-state index is 0.0152. The fourth-order valence-corrected chi connectivity index (χ4v) is 1.66. The predicted molar refractivity (Wildman–Crippen MR) is 66.8 cm³/mol. The summed E-state index contributed by atoms with van der Waals surface area (Å²) < 4.78 is 3.49. The summed E-state index contributed by atoms with van der Waals surface area (Å²) in [5.74, 6) is -0.0152. The highest BCUT2D eigenvalue weighted by Crippen LogP contribution is 1.92. The Kier molecular flexibility index (Phi) is 4.11. The lowest BCUT2D eigenvalue weighted by Crippen LogP contribution is -2.29. The zero-order valence-electron chi connectivity index (χ0n) is 10.4. The van der Waals surface area contributed by atoms with Crippen LogP contribution in [-0.4, -0.2) is 32.0 Å². The minimum Gasteiger partial charge on any atom is -0.354 e. The van der Waals surface area contributed by atoms with Crippen molar-refractivity contribution < 1.29 is 4.79 Å². The van der Waals surface area contributed by atoms with Gasteiger partial charge in [-0.25, -0.2) is 0 Å². The van der Waals surface area contributed by atoms with E-state index in [9.17, 15) is 4.79 Å². The second-order valence-corrected chi connectivity index (χ2v) is 4.13. The third-order valence-corrected chi connectivity index (χ3v) is 2.52. The van der Waals surface area contributed by atoms with Crippen molar-refractivity contribution in [2.75, 3.05) is 6.54 Å². The number of carbonyl (C=O) groups excluding carboxylic acids is 1. The first kappa shape index (κ1) is 12.3. The van der Waals surface area contributed by atoms with Crippen molar-refractivity contribution in [1.29, 1.82) is 0 Å². The van der Waals surface area contributed by atoms with Gasteiger partial charge in [-0.3, -0.25) is 14.2 Å². The fraction of sp³-hybridized carbons (Fsp3) is 0.417. The second kappa shape index (κ2) is 6.00. The fourth-order valence-electron chi connectivity index (χ4n) is 1.66. The number of hydrogen-bond acceptors (Lipinski definition) is 3. The van der Waals surface area contributed by atoms with Gasteiger partial charge in [0.1, 0.15) is 6.54 Å². The van der Waals surface area contributed by atoms with Crippen LogP contribution < -0.4 is 5.32 Å². The molecule has 2 heterocycles. The van der Waals surface area contributed by atoms with E-state index in [1.807, 2.05) is 29.9 Å². The zero-order chi connectivity index (χ0) is 12.8. The molecule has 2 aromatic heterocycles. The summed E-state index contributed by atoms with van der Waals surface area (Å²) in [4.78, 5) is 11.6. The third kappa shape index (κ3) is 3.73. The Labute approximate surface area is 106 Å². The van der Waals surface area contributed by atoms with E-state index in [0.717, 1.165) is 18.7 Å². The monoisotopic (exact) mass is 247 g/mol. The third-order valence-electron chi connectivity index (χ3n) is 2.52. The number of carbonyl (C=O) groups is 1. The van der Waals surface area contributed by atoms with Crippen LogP contribution in [0.15, 0.2) is 30.7 Å². The highest BCUT2D eigenvalue weighted by molar-refractivity contribution is 5.75. The molecule has 0 fully saturated rings. The van der Waals surface area contributed by atoms with Gasteiger partial charge in [-0.15, -0.1) is 0 Å². The molecule has 2 rings (SSSR count). The van der Waals surface area contributed by atoms with Gasteiger partial charge in [0, 0.05) is 31.7 Å². The summed E-state index contributed by atoms with van der Waals surface area (Å²) in [7, 11) is 0. The van der Waals surface area contributed by atoms with Crippen LogP contribution in [-0.2, 0) is 17.9 Å². The minimum atomic E-state index is -0.0152. The van der Waals surface area contributed by atoms with Crippen LogP contribution in [0, 0.1) is 6.92 Å². The molecule has 0 aliphatic rings. The van der Waals surface area contributed by atoms with Gasteiger partial charge in [0.2, 0.25) is 5.91 Å². The largest absolute Gasteiger partial charge is 0.354 e. The second-order valence-electron chi connectivity index (χ2n) is 4.13. The van der Waals surface area contributed by atoms with E-state index in [1.165, 1.54) is 0 Å². The van der Waals surface area contributed by atoms with Crippen molar-refractivity contribution in [3.63, 3.8) is 0 Å². The number of amides is 1. The molecule has 0 saturated heterocycles. The highest BCUT2D eigenvalue weighted by atomic mass is 16.2. The molecule has 1 amide bonds. The van der Waals surface area contributed by atoms with Gasteiger partial charge >= 0.3 is 0 Å². The van der Waals surface area contributed by atoms with Crippen molar-refractivity contribution in [2.45, 2.75) is 26.4 Å². The van der Waals surface area contributed by atoms with E-state index >= 15 is 0 Å². The number of aromatic nitrogens is 4. The van der Waals surface area contributed by atoms with E-state index in [1.54, 1.807) is 17.1 Å². The van der Waals surface area contributed by atoms with E-state index in [-0.39, 0.29) is 12.5 Å². The molecule has 18 heavy (non-hydrogen) atoms. The van der Waals surface area contributed by atoms with Gasteiger partial charge in [0.25, 0.3) is 0 Å². The average molecular weight is 247 g/mol. The zero-order valence-corrected chi connectivity index (χ0v) is 10.4. The Balaban J connectivity index is 1.63. The van der Waals surface area contributed by atoms with E-state index in [2.05, 4.69) is 15.5 Å². The van der Waals surface area contributed by atoms with Crippen molar-refractivity contribution in [1.82, 2.24) is 24.9 Å². The molecule has 0 atom stereocenters. The maximum absolute atomic E-state index is 11.6. The Bertz CT molecular complexity index is 488. The van der Waals surface area contributed by atoms with Gasteiger partial charge in [-0.05, 0) is 25.5 Å². The van der Waals surface area contributed by atoms with Gasteiger partial charge in [0.15, 0.2) is 0 Å². The first-order valence-corrected chi connectivity index (χ1v) is 5.98. The molecule has 0 bridgehead atoms. The van der Waals surface area contributed by atoms with Crippen molar-refractivity contribution in [2.24, 2.45) is 0 Å². The summed E-state index contributed by atoms with van der Waals surface area (Å²) in [6.07, 6.45) is 6.33. The first-order valence-electron chi connectivity index (χ1n) is 5.98. The summed E-state index contributed by atoms with van der Waals surface area (Å²) in [6.45, 7) is 3.64. The van der Waals surface area contributed by atoms with Crippen LogP contribution in [0.1, 0.15) is 12.1 Å². The van der Waals surface area contributed by atoms with Crippen LogP contribution in [0.5, 0.6) is 0 Å². The Morgan fingerprint density at radius 2 is 2.28 bits per heavy atom. The van der Waals surface area contributed by atoms with Crippen LogP contribution in [0.25, 0.3) is 0 Å². The summed E-state index contributed by atoms with van der Waals surface area (Å²) in [5, 5.41) is 11.1. The SMILES string of the molecule is Cc1ccn(CC(=O)NCCCn2cccn2)n1. The van der Waals surface area contributed by atoms with E-state index in [4.69, 9.17) is 0 Å². The van der Waals surface area contributed by atoms with Crippen LogP contribution >= 0.6 is 0 Å². The predicted octanol–water partition coefficient (Wildman–Crippen LogP) is 0.595. The maximum Gasteiger partial charge on any atom is 0.241 e. The van der Waals surface area contributed by atoms with Gasteiger partial charge in [-0.2, -0.15) is 10.2 Å². The Morgan fingerprint density at radius 3 is 2.94 bits per heavy atom. The molecule has 6 heteroatoms. The lowest BCUT2D eigenvalue weighted by Gasteiger charge is -2.05. The molecule has 0 saturated carbocycles. The molecule has 0 spiro atoms. The molecule has 1 N–H and O–H groups in total. The van der Waals surface area contributed by atoms with E-state index < -0.39 is 0 Å². The molecule has 0 radical (unpaired) electrons. The average Bonchev–Trinajstić information content (AvgIpc) is 2.96. The standard InChI is InChI=1S/C12H17N5O/c1-11-4-9-17(15-11)10-12(18)13-5-2-7-16-8-3-6-14-16/h3-4,6,8-9H,2,5,7,10H2,1H3,(H,13,18). The topological polar surface area (TPSA) is 64.7 Å². The van der Waals surface area contributed by atoms with Gasteiger partial charge < -0.3 is 5.32 Å². The van der Waals surface area contributed by atoms with Gasteiger partial charge in [-0.1, -0.05) is 0 Å². The number of aryl methyl sites for hydroxylation is 2. The van der Waals surface area contributed by atoms with Crippen molar-refractivity contribution in [3.05, 3.63) is 36.4 Å².